The fourth-order valence-corrected chi connectivity index (χ4v) is 2.83. The van der Waals surface area contributed by atoms with E-state index in [0.29, 0.717) is 23.6 Å². The van der Waals surface area contributed by atoms with Gasteiger partial charge in [0.2, 0.25) is 11.8 Å². The Hall–Kier alpha value is -1.59. The van der Waals surface area contributed by atoms with Gasteiger partial charge in [0.25, 0.3) is 0 Å². The number of benzene rings is 1. The third-order valence-electron chi connectivity index (χ3n) is 4.13. The highest BCUT2D eigenvalue weighted by atomic mass is 35.5. The van der Waals surface area contributed by atoms with Crippen molar-refractivity contribution in [3.05, 3.63) is 28.8 Å². The van der Waals surface area contributed by atoms with Crippen molar-refractivity contribution in [1.29, 1.82) is 0 Å². The lowest BCUT2D eigenvalue weighted by Gasteiger charge is -2.22. The molecule has 1 fully saturated rings. The van der Waals surface area contributed by atoms with Gasteiger partial charge in [-0.2, -0.15) is 0 Å². The van der Waals surface area contributed by atoms with E-state index in [1.165, 1.54) is 0 Å². The van der Waals surface area contributed by atoms with Crippen LogP contribution >= 0.6 is 11.6 Å². The Morgan fingerprint density at radius 1 is 1.32 bits per heavy atom. The number of carbonyl (C=O) groups is 2. The van der Waals surface area contributed by atoms with Crippen molar-refractivity contribution >= 4 is 29.1 Å². The third-order valence-corrected chi connectivity index (χ3v) is 4.54. The number of hydrogen-bond donors (Lipinski definition) is 3. The zero-order valence-corrected chi connectivity index (χ0v) is 13.5. The second kappa shape index (κ2) is 7.11. The van der Waals surface area contributed by atoms with Crippen molar-refractivity contribution in [3.8, 4) is 0 Å². The topological polar surface area (TPSA) is 84.2 Å². The lowest BCUT2D eigenvalue weighted by atomic mass is 9.98. The average molecular weight is 324 g/mol. The van der Waals surface area contributed by atoms with Crippen LogP contribution in [0.5, 0.6) is 0 Å². The molecular weight excluding hydrogens is 302 g/mol. The normalized spacial score (nSPS) is 16.3. The summed E-state index contributed by atoms with van der Waals surface area (Å²) in [7, 11) is 0. The number of halogens is 1. The largest absolute Gasteiger partial charge is 0.354 e. The lowest BCUT2D eigenvalue weighted by molar-refractivity contribution is -0.126. The van der Waals surface area contributed by atoms with E-state index in [1.54, 1.807) is 18.2 Å². The standard InChI is InChI=1S/C16H22ClN3O2/c1-11-12(17)5-4-6-13(11)20-14(21)7-10-19-15(22)16(18)8-2-3-9-16/h4-6H,2-3,7-10,18H2,1H3,(H,19,22)(H,20,21). The molecule has 0 heterocycles. The number of rotatable bonds is 5. The second-order valence-corrected chi connectivity index (χ2v) is 6.24. The molecule has 0 bridgehead atoms. The van der Waals surface area contributed by atoms with Crippen LogP contribution in [0, 0.1) is 6.92 Å². The van der Waals surface area contributed by atoms with E-state index in [1.807, 2.05) is 6.92 Å². The quantitative estimate of drug-likeness (QED) is 0.777. The minimum absolute atomic E-state index is 0.156. The second-order valence-electron chi connectivity index (χ2n) is 5.83. The summed E-state index contributed by atoms with van der Waals surface area (Å²) in [6.45, 7) is 2.13. The Balaban J connectivity index is 1.78. The van der Waals surface area contributed by atoms with Crippen LogP contribution in [0.3, 0.4) is 0 Å². The first-order chi connectivity index (χ1) is 10.4. The van der Waals surface area contributed by atoms with E-state index in [9.17, 15) is 9.59 Å². The summed E-state index contributed by atoms with van der Waals surface area (Å²) in [5.74, 6) is -0.320. The first kappa shape index (κ1) is 16.8. The van der Waals surface area contributed by atoms with E-state index in [-0.39, 0.29) is 24.8 Å². The maximum absolute atomic E-state index is 12.0. The number of amides is 2. The number of carbonyl (C=O) groups excluding carboxylic acids is 2. The SMILES string of the molecule is Cc1c(Cl)cccc1NC(=O)CCNC(=O)C1(N)CCCC1. The molecule has 2 amide bonds. The van der Waals surface area contributed by atoms with Crippen molar-refractivity contribution in [2.45, 2.75) is 44.6 Å². The molecule has 0 unspecified atom stereocenters. The highest BCUT2D eigenvalue weighted by Gasteiger charge is 2.36. The fourth-order valence-electron chi connectivity index (χ4n) is 2.65. The zero-order valence-electron chi connectivity index (χ0n) is 12.7. The number of nitrogens with one attached hydrogen (secondary N) is 2. The van der Waals surface area contributed by atoms with Crippen LogP contribution in [0.2, 0.25) is 5.02 Å². The summed E-state index contributed by atoms with van der Waals surface area (Å²) >= 11 is 6.01. The van der Waals surface area contributed by atoms with Crippen molar-refractivity contribution in [1.82, 2.24) is 5.32 Å². The number of nitrogens with two attached hydrogens (primary N) is 1. The van der Waals surface area contributed by atoms with Gasteiger partial charge in [0.05, 0.1) is 5.54 Å². The molecule has 1 aromatic rings. The lowest BCUT2D eigenvalue weighted by Crippen LogP contribution is -2.52. The maximum atomic E-state index is 12.0. The van der Waals surface area contributed by atoms with Crippen molar-refractivity contribution in [2.75, 3.05) is 11.9 Å². The fraction of sp³-hybridized carbons (Fsp3) is 0.500. The van der Waals surface area contributed by atoms with Gasteiger partial charge in [0.1, 0.15) is 0 Å². The van der Waals surface area contributed by atoms with Crippen LogP contribution in [0.15, 0.2) is 18.2 Å². The summed E-state index contributed by atoms with van der Waals surface area (Å²) in [6.07, 6.45) is 3.60. The monoisotopic (exact) mass is 323 g/mol. The van der Waals surface area contributed by atoms with E-state index < -0.39 is 5.54 Å². The predicted octanol–water partition coefficient (Wildman–Crippen LogP) is 2.36. The highest BCUT2D eigenvalue weighted by Crippen LogP contribution is 2.27. The van der Waals surface area contributed by atoms with E-state index in [0.717, 1.165) is 18.4 Å². The van der Waals surface area contributed by atoms with Crippen LogP contribution < -0.4 is 16.4 Å². The first-order valence-electron chi connectivity index (χ1n) is 7.54. The van der Waals surface area contributed by atoms with Crippen molar-refractivity contribution in [2.24, 2.45) is 5.73 Å². The van der Waals surface area contributed by atoms with Crippen LogP contribution in [-0.2, 0) is 9.59 Å². The average Bonchev–Trinajstić information content (AvgIpc) is 2.92. The van der Waals surface area contributed by atoms with Crippen LogP contribution in [0.1, 0.15) is 37.7 Å². The minimum Gasteiger partial charge on any atom is -0.354 e. The molecule has 5 nitrogen and oxygen atoms in total. The van der Waals surface area contributed by atoms with Gasteiger partial charge >= 0.3 is 0 Å². The molecule has 6 heteroatoms. The maximum Gasteiger partial charge on any atom is 0.240 e. The van der Waals surface area contributed by atoms with Gasteiger partial charge < -0.3 is 16.4 Å². The molecule has 1 aliphatic carbocycles. The van der Waals surface area contributed by atoms with Crippen LogP contribution in [0.25, 0.3) is 0 Å². The summed E-state index contributed by atoms with van der Waals surface area (Å²) in [5, 5.41) is 6.16. The highest BCUT2D eigenvalue weighted by molar-refractivity contribution is 6.31. The minimum atomic E-state index is -0.750. The van der Waals surface area contributed by atoms with Gasteiger partial charge in [-0.25, -0.2) is 0 Å². The molecule has 120 valence electrons. The molecule has 0 aromatic heterocycles. The summed E-state index contributed by atoms with van der Waals surface area (Å²) < 4.78 is 0. The summed E-state index contributed by atoms with van der Waals surface area (Å²) in [6, 6.07) is 5.35. The molecule has 0 atom stereocenters. The van der Waals surface area contributed by atoms with Gasteiger partial charge in [-0.05, 0) is 37.5 Å². The molecule has 1 saturated carbocycles. The molecule has 4 N–H and O–H groups in total. The van der Waals surface area contributed by atoms with Crippen molar-refractivity contribution in [3.63, 3.8) is 0 Å². The number of anilines is 1. The van der Waals surface area contributed by atoms with Crippen LogP contribution in [-0.4, -0.2) is 23.9 Å². The predicted molar refractivity (Wildman–Crippen MR) is 87.8 cm³/mol. The molecule has 0 saturated heterocycles. The van der Waals surface area contributed by atoms with Gasteiger partial charge in [-0.3, -0.25) is 9.59 Å². The van der Waals surface area contributed by atoms with Gasteiger partial charge in [-0.1, -0.05) is 30.5 Å². The third kappa shape index (κ3) is 3.99. The smallest absolute Gasteiger partial charge is 0.240 e. The van der Waals surface area contributed by atoms with E-state index in [4.69, 9.17) is 17.3 Å². The Labute approximate surface area is 135 Å². The molecule has 0 spiro atoms. The molecule has 1 aliphatic rings. The van der Waals surface area contributed by atoms with Gasteiger partial charge in [-0.15, -0.1) is 0 Å². The molecular formula is C16H22ClN3O2. The first-order valence-corrected chi connectivity index (χ1v) is 7.92. The summed E-state index contributed by atoms with van der Waals surface area (Å²) in [4.78, 5) is 23.9. The Bertz CT molecular complexity index is 569. The Morgan fingerprint density at radius 3 is 2.68 bits per heavy atom. The Morgan fingerprint density at radius 2 is 2.00 bits per heavy atom. The van der Waals surface area contributed by atoms with E-state index >= 15 is 0 Å². The van der Waals surface area contributed by atoms with Crippen molar-refractivity contribution < 1.29 is 9.59 Å². The van der Waals surface area contributed by atoms with Gasteiger partial charge in [0.15, 0.2) is 0 Å². The Kier molecular flexibility index (Phi) is 5.42. The molecule has 1 aromatic carbocycles. The molecule has 2 rings (SSSR count). The number of hydrogen-bond acceptors (Lipinski definition) is 3. The van der Waals surface area contributed by atoms with E-state index in [2.05, 4.69) is 10.6 Å². The zero-order chi connectivity index (χ0) is 16.2. The van der Waals surface area contributed by atoms with Gasteiger partial charge in [0, 0.05) is 23.7 Å². The summed E-state index contributed by atoms with van der Waals surface area (Å²) in [5.41, 5.74) is 6.82. The molecule has 22 heavy (non-hydrogen) atoms. The van der Waals surface area contributed by atoms with Crippen LogP contribution in [0.4, 0.5) is 5.69 Å². The molecule has 0 aliphatic heterocycles. The molecule has 0 radical (unpaired) electrons.